The first-order valence-electron chi connectivity index (χ1n) is 6.79. The number of benzene rings is 1. The molecule has 0 amide bonds. The van der Waals surface area contributed by atoms with Gasteiger partial charge < -0.3 is 4.42 Å². The number of hydrogen-bond acceptors (Lipinski definition) is 3. The Morgan fingerprint density at radius 1 is 1.24 bits per heavy atom. The van der Waals surface area contributed by atoms with Crippen LogP contribution >= 0.6 is 11.6 Å². The Kier molecular flexibility index (Phi) is 3.52. The molecular weight excluding hydrogens is 286 g/mol. The number of halogens is 1. The lowest BCUT2D eigenvalue weighted by Gasteiger charge is -2.07. The number of carbonyl (C=O) groups excluding carboxylic acids is 1. The van der Waals surface area contributed by atoms with E-state index in [-0.39, 0.29) is 0 Å². The fourth-order valence-corrected chi connectivity index (χ4v) is 2.51. The van der Waals surface area contributed by atoms with E-state index < -0.39 is 5.24 Å². The van der Waals surface area contributed by atoms with Crippen LogP contribution in [0.3, 0.4) is 0 Å². The molecule has 0 fully saturated rings. The van der Waals surface area contributed by atoms with E-state index in [1.807, 2.05) is 37.3 Å². The summed E-state index contributed by atoms with van der Waals surface area (Å²) in [6, 6.07) is 11.3. The average molecular weight is 300 g/mol. The van der Waals surface area contributed by atoms with Crippen LogP contribution in [0, 0.1) is 6.92 Å². The van der Waals surface area contributed by atoms with Crippen molar-refractivity contribution in [2.75, 3.05) is 0 Å². The van der Waals surface area contributed by atoms with E-state index in [0.717, 1.165) is 28.6 Å². The molecule has 0 bridgehead atoms. The Bertz CT molecular complexity index is 836. The van der Waals surface area contributed by atoms with E-state index in [9.17, 15) is 4.79 Å². The highest BCUT2D eigenvalue weighted by atomic mass is 35.5. The predicted octanol–water partition coefficient (Wildman–Crippen LogP) is 4.74. The molecule has 0 N–H and O–H groups in total. The molecule has 0 spiro atoms. The van der Waals surface area contributed by atoms with E-state index >= 15 is 0 Å². The van der Waals surface area contributed by atoms with Crippen molar-refractivity contribution in [1.29, 1.82) is 0 Å². The third-order valence-corrected chi connectivity index (χ3v) is 3.69. The molecule has 106 valence electrons. The average Bonchev–Trinajstić information content (AvgIpc) is 2.92. The Morgan fingerprint density at radius 3 is 2.67 bits per heavy atom. The minimum absolute atomic E-state index is 0.459. The Balaban J connectivity index is 2.28. The molecule has 1 aromatic carbocycles. The van der Waals surface area contributed by atoms with Crippen LogP contribution in [0.4, 0.5) is 0 Å². The predicted molar refractivity (Wildman–Crippen MR) is 83.7 cm³/mol. The summed E-state index contributed by atoms with van der Waals surface area (Å²) < 4.78 is 5.58. The molecule has 0 aliphatic rings. The van der Waals surface area contributed by atoms with Crippen molar-refractivity contribution < 1.29 is 9.21 Å². The van der Waals surface area contributed by atoms with Crippen LogP contribution in [0.2, 0.25) is 0 Å². The molecule has 3 aromatic rings. The summed E-state index contributed by atoms with van der Waals surface area (Å²) in [7, 11) is 0. The van der Waals surface area contributed by atoms with Gasteiger partial charge in [0.15, 0.2) is 5.76 Å². The topological polar surface area (TPSA) is 43.1 Å². The van der Waals surface area contributed by atoms with Crippen molar-refractivity contribution in [2.45, 2.75) is 20.3 Å². The van der Waals surface area contributed by atoms with Crippen LogP contribution in [-0.2, 0) is 6.42 Å². The van der Waals surface area contributed by atoms with Crippen LogP contribution in [0.5, 0.6) is 0 Å². The second kappa shape index (κ2) is 5.34. The third kappa shape index (κ3) is 2.57. The molecule has 0 saturated heterocycles. The highest BCUT2D eigenvalue weighted by molar-refractivity contribution is 6.68. The maximum Gasteiger partial charge on any atom is 0.253 e. The lowest BCUT2D eigenvalue weighted by Crippen LogP contribution is -1.96. The maximum atomic E-state index is 11.8. The summed E-state index contributed by atoms with van der Waals surface area (Å²) in [5, 5.41) is 0.293. The summed E-state index contributed by atoms with van der Waals surface area (Å²) in [5.74, 6) is 1.43. The van der Waals surface area contributed by atoms with Crippen molar-refractivity contribution in [3.8, 4) is 11.5 Å². The third-order valence-electron chi connectivity index (χ3n) is 3.49. The summed E-state index contributed by atoms with van der Waals surface area (Å²) in [4.78, 5) is 16.3. The van der Waals surface area contributed by atoms with Gasteiger partial charge in [0.05, 0.1) is 5.52 Å². The zero-order chi connectivity index (χ0) is 15.0. The highest BCUT2D eigenvalue weighted by Gasteiger charge is 2.14. The molecular formula is C17H14ClNO2. The maximum absolute atomic E-state index is 11.8. The number of fused-ring (bicyclic) bond motifs is 1. The van der Waals surface area contributed by atoms with Gasteiger partial charge in [-0.15, -0.1) is 0 Å². The smallest absolute Gasteiger partial charge is 0.253 e. The molecule has 4 heteroatoms. The molecule has 0 aliphatic heterocycles. The first-order valence-corrected chi connectivity index (χ1v) is 7.16. The van der Waals surface area contributed by atoms with Crippen LogP contribution in [-0.4, -0.2) is 10.2 Å². The Hall–Kier alpha value is -2.13. The van der Waals surface area contributed by atoms with E-state index in [0.29, 0.717) is 17.0 Å². The summed E-state index contributed by atoms with van der Waals surface area (Å²) in [6.45, 7) is 3.93. The first-order chi connectivity index (χ1) is 10.1. The largest absolute Gasteiger partial charge is 0.460 e. The number of aryl methyl sites for hydroxylation is 2. The molecule has 2 heterocycles. The number of aromatic nitrogens is 1. The van der Waals surface area contributed by atoms with Gasteiger partial charge in [-0.25, -0.2) is 4.98 Å². The van der Waals surface area contributed by atoms with Crippen LogP contribution in [0.1, 0.15) is 28.6 Å². The zero-order valence-corrected chi connectivity index (χ0v) is 12.6. The second-order valence-electron chi connectivity index (χ2n) is 4.94. The Morgan fingerprint density at radius 2 is 2.05 bits per heavy atom. The minimum atomic E-state index is -0.486. The molecule has 21 heavy (non-hydrogen) atoms. The summed E-state index contributed by atoms with van der Waals surface area (Å²) >= 11 is 5.75. The van der Waals surface area contributed by atoms with Crippen molar-refractivity contribution >= 4 is 27.7 Å². The van der Waals surface area contributed by atoms with E-state index in [1.165, 1.54) is 0 Å². The number of nitrogens with zero attached hydrogens (tertiary/aromatic N) is 1. The van der Waals surface area contributed by atoms with Crippen molar-refractivity contribution in [3.63, 3.8) is 0 Å². The van der Waals surface area contributed by atoms with Crippen LogP contribution in [0.15, 0.2) is 40.8 Å². The number of carbonyl (C=O) groups is 1. The van der Waals surface area contributed by atoms with E-state index in [4.69, 9.17) is 16.0 Å². The Labute approximate surface area is 127 Å². The summed E-state index contributed by atoms with van der Waals surface area (Å²) in [6.07, 6.45) is 0.894. The van der Waals surface area contributed by atoms with Gasteiger partial charge >= 0.3 is 0 Å². The van der Waals surface area contributed by atoms with Crippen LogP contribution < -0.4 is 0 Å². The van der Waals surface area contributed by atoms with Crippen LogP contribution in [0.25, 0.3) is 22.4 Å². The van der Waals surface area contributed by atoms with Gasteiger partial charge in [-0.3, -0.25) is 4.79 Å². The molecule has 3 rings (SSSR count). The molecule has 2 aromatic heterocycles. The quantitative estimate of drug-likeness (QED) is 0.656. The molecule has 0 aliphatic carbocycles. The number of furan rings is 1. The standard InChI is InChI=1S/C17H14ClNO2/c1-3-11-5-6-14-12(8-11)13(17(18)20)9-15(19-14)16-7-4-10(2)21-16/h4-9H,3H2,1-2H3. The second-order valence-corrected chi connectivity index (χ2v) is 5.29. The molecule has 0 radical (unpaired) electrons. The van der Waals surface area contributed by atoms with Crippen molar-refractivity contribution in [1.82, 2.24) is 4.98 Å². The monoisotopic (exact) mass is 299 g/mol. The fraction of sp³-hybridized carbons (Fsp3) is 0.176. The highest BCUT2D eigenvalue weighted by Crippen LogP contribution is 2.28. The van der Waals surface area contributed by atoms with Gasteiger partial charge in [0.1, 0.15) is 11.5 Å². The van der Waals surface area contributed by atoms with Gasteiger partial charge in [0.25, 0.3) is 5.24 Å². The van der Waals surface area contributed by atoms with Gasteiger partial charge in [0, 0.05) is 10.9 Å². The summed E-state index contributed by atoms with van der Waals surface area (Å²) in [5.41, 5.74) is 2.96. The van der Waals surface area contributed by atoms with Crippen molar-refractivity contribution in [2.24, 2.45) is 0 Å². The fourth-order valence-electron chi connectivity index (χ4n) is 2.35. The van der Waals surface area contributed by atoms with Gasteiger partial charge in [0.2, 0.25) is 0 Å². The molecule has 3 nitrogen and oxygen atoms in total. The van der Waals surface area contributed by atoms with E-state index in [1.54, 1.807) is 6.07 Å². The lowest BCUT2D eigenvalue weighted by molar-refractivity contribution is 0.108. The number of rotatable bonds is 3. The minimum Gasteiger partial charge on any atom is -0.460 e. The number of pyridine rings is 1. The zero-order valence-electron chi connectivity index (χ0n) is 11.8. The first kappa shape index (κ1) is 13.8. The van der Waals surface area contributed by atoms with E-state index in [2.05, 4.69) is 11.9 Å². The van der Waals surface area contributed by atoms with Gasteiger partial charge in [-0.2, -0.15) is 0 Å². The number of hydrogen-bond donors (Lipinski definition) is 0. The normalized spacial score (nSPS) is 11.0. The SMILES string of the molecule is CCc1ccc2nc(-c3ccc(C)o3)cc(C(=O)Cl)c2c1. The molecule has 0 atom stereocenters. The van der Waals surface area contributed by atoms with Crippen molar-refractivity contribution in [3.05, 3.63) is 53.3 Å². The lowest BCUT2D eigenvalue weighted by atomic mass is 10.0. The molecule has 0 saturated carbocycles. The van der Waals surface area contributed by atoms with Gasteiger partial charge in [-0.1, -0.05) is 13.0 Å². The van der Waals surface area contributed by atoms with Gasteiger partial charge in [-0.05, 0) is 60.8 Å². The molecule has 0 unspecified atom stereocenters.